The van der Waals surface area contributed by atoms with Gasteiger partial charge in [0.25, 0.3) is 0 Å². The van der Waals surface area contributed by atoms with Crippen molar-refractivity contribution in [1.82, 2.24) is 0 Å². The Hall–Kier alpha value is -0.820. The number of ketones is 2. The van der Waals surface area contributed by atoms with Crippen LogP contribution in [0.1, 0.15) is 65.2 Å². The second-order valence-electron chi connectivity index (χ2n) is 11.0. The van der Waals surface area contributed by atoms with Gasteiger partial charge >= 0.3 is 0 Å². The predicted octanol–water partition coefficient (Wildman–Crippen LogP) is 3.22. The van der Waals surface area contributed by atoms with Crippen LogP contribution >= 0.6 is 0 Å². The molecule has 6 aliphatic rings. The van der Waals surface area contributed by atoms with E-state index in [0.29, 0.717) is 55.2 Å². The van der Waals surface area contributed by atoms with E-state index in [1.54, 1.807) is 0 Å². The molecule has 29 heavy (non-hydrogen) atoms. The summed E-state index contributed by atoms with van der Waals surface area (Å²) < 4.78 is 24.0. The van der Waals surface area contributed by atoms with Crippen LogP contribution in [0.4, 0.5) is 0 Å². The summed E-state index contributed by atoms with van der Waals surface area (Å²) in [6, 6.07) is 0. The maximum Gasteiger partial charge on any atom is 0.226 e. The van der Waals surface area contributed by atoms with E-state index in [1.807, 2.05) is 0 Å². The monoisotopic (exact) mass is 404 g/mol. The summed E-state index contributed by atoms with van der Waals surface area (Å²) in [5.74, 6) is 1.14. The van der Waals surface area contributed by atoms with Crippen LogP contribution in [0.15, 0.2) is 0 Å². The minimum atomic E-state index is -0.873. The Morgan fingerprint density at radius 2 is 1.79 bits per heavy atom. The van der Waals surface area contributed by atoms with Gasteiger partial charge in [-0.25, -0.2) is 0 Å². The Kier molecular flexibility index (Phi) is 3.85. The molecule has 0 N–H and O–H groups in total. The van der Waals surface area contributed by atoms with E-state index in [-0.39, 0.29) is 30.3 Å². The van der Waals surface area contributed by atoms with Gasteiger partial charge in [0.05, 0.1) is 0 Å². The Morgan fingerprint density at radius 3 is 2.59 bits per heavy atom. The Balaban J connectivity index is 1.39. The van der Waals surface area contributed by atoms with Crippen molar-refractivity contribution in [2.45, 2.75) is 76.6 Å². The summed E-state index contributed by atoms with van der Waals surface area (Å²) in [6.45, 7) is 5.35. The topological polar surface area (TPSA) is 71.1 Å². The zero-order chi connectivity index (χ0) is 20.1. The van der Waals surface area contributed by atoms with Crippen LogP contribution < -0.4 is 0 Å². The molecule has 0 bridgehead atoms. The molecule has 160 valence electrons. The molecule has 0 aromatic rings. The Bertz CT molecular complexity index is 753. The van der Waals surface area contributed by atoms with Crippen molar-refractivity contribution < 1.29 is 28.5 Å². The number of Topliss-reactive ketones (excluding diaryl/α,β-unsaturated/α-hetero) is 2. The van der Waals surface area contributed by atoms with E-state index >= 15 is 0 Å². The molecule has 6 rings (SSSR count). The molecule has 2 saturated heterocycles. The molecule has 6 fully saturated rings. The molecule has 2 aliphatic heterocycles. The summed E-state index contributed by atoms with van der Waals surface area (Å²) >= 11 is 0. The molecule has 0 amide bonds. The molecule has 2 heterocycles. The summed E-state index contributed by atoms with van der Waals surface area (Å²) in [6.07, 6.45) is 6.71. The summed E-state index contributed by atoms with van der Waals surface area (Å²) in [5, 5.41) is 0. The minimum Gasteiger partial charge on any atom is -0.350 e. The zero-order valence-corrected chi connectivity index (χ0v) is 17.5. The predicted molar refractivity (Wildman–Crippen MR) is 102 cm³/mol. The van der Waals surface area contributed by atoms with Gasteiger partial charge in [0.2, 0.25) is 5.79 Å². The lowest BCUT2D eigenvalue weighted by molar-refractivity contribution is -0.247. The first-order valence-corrected chi connectivity index (χ1v) is 11.4. The Morgan fingerprint density at radius 1 is 0.966 bits per heavy atom. The number of hydrogen-bond donors (Lipinski definition) is 0. The van der Waals surface area contributed by atoms with Crippen molar-refractivity contribution in [3.63, 3.8) is 0 Å². The van der Waals surface area contributed by atoms with Crippen molar-refractivity contribution in [1.29, 1.82) is 0 Å². The summed E-state index contributed by atoms with van der Waals surface area (Å²) in [5.41, 5.74) is -0.937. The molecule has 4 aliphatic carbocycles. The highest BCUT2D eigenvalue weighted by Crippen LogP contribution is 2.71. The van der Waals surface area contributed by atoms with Crippen LogP contribution in [0, 0.1) is 34.5 Å². The molecule has 0 aromatic carbocycles. The molecule has 8 atom stereocenters. The van der Waals surface area contributed by atoms with E-state index < -0.39 is 11.4 Å². The van der Waals surface area contributed by atoms with Gasteiger partial charge in [0.15, 0.2) is 13.6 Å². The quantitative estimate of drug-likeness (QED) is 0.617. The molecule has 0 aromatic heterocycles. The SMILES string of the molecule is C[C@]12CCC(=O)C[C@@H]1CC[C@@H]1[C@H]2C(=O)C[C@@]2(C)[C@@H]1CC[C@@]21OCO[C@@]12COCO2. The third-order valence-corrected chi connectivity index (χ3v) is 10.2. The van der Waals surface area contributed by atoms with Gasteiger partial charge in [-0.15, -0.1) is 0 Å². The number of carbonyl (C=O) groups excluding carboxylic acids is 2. The summed E-state index contributed by atoms with van der Waals surface area (Å²) in [7, 11) is 0. The third kappa shape index (κ3) is 2.12. The lowest BCUT2D eigenvalue weighted by atomic mass is 9.43. The fraction of sp³-hybridized carbons (Fsp3) is 0.913. The lowest BCUT2D eigenvalue weighted by Crippen LogP contribution is -2.66. The van der Waals surface area contributed by atoms with Gasteiger partial charge in [0, 0.05) is 30.6 Å². The fourth-order valence-corrected chi connectivity index (χ4v) is 8.83. The number of fused-ring (bicyclic) bond motifs is 7. The smallest absolute Gasteiger partial charge is 0.226 e. The number of hydrogen-bond acceptors (Lipinski definition) is 6. The minimum absolute atomic E-state index is 0.0251. The first-order chi connectivity index (χ1) is 13.9. The highest BCUT2D eigenvalue weighted by molar-refractivity contribution is 5.86. The molecule has 2 spiro atoms. The molecular formula is C23H32O6. The molecule has 6 nitrogen and oxygen atoms in total. The zero-order valence-electron chi connectivity index (χ0n) is 17.5. The van der Waals surface area contributed by atoms with Crippen LogP contribution in [0.2, 0.25) is 0 Å². The summed E-state index contributed by atoms with van der Waals surface area (Å²) in [4.78, 5) is 25.9. The van der Waals surface area contributed by atoms with Crippen molar-refractivity contribution in [2.75, 3.05) is 20.2 Å². The van der Waals surface area contributed by atoms with Crippen molar-refractivity contribution >= 4 is 11.6 Å². The molecule has 6 heteroatoms. The van der Waals surface area contributed by atoms with Crippen LogP contribution in [-0.2, 0) is 28.5 Å². The van der Waals surface area contributed by atoms with Crippen LogP contribution in [0.25, 0.3) is 0 Å². The van der Waals surface area contributed by atoms with Gasteiger partial charge in [-0.05, 0) is 55.3 Å². The standard InChI is InChI=1S/C23H32O6/c1-20-7-5-15(24)9-14(20)3-4-16-17-6-8-22(21(17,2)10-18(25)19(16)20)23(29-13-27-22)11-26-12-28-23/h14,16-17,19H,3-13H2,1-2H3/t14-,16-,17+,19-,20-,21-,22+,23-/m0/s1. The highest BCUT2D eigenvalue weighted by atomic mass is 16.9. The van der Waals surface area contributed by atoms with Gasteiger partial charge < -0.3 is 18.9 Å². The van der Waals surface area contributed by atoms with Crippen molar-refractivity contribution in [2.24, 2.45) is 34.5 Å². The molecular weight excluding hydrogens is 372 g/mol. The van der Waals surface area contributed by atoms with Gasteiger partial charge in [-0.2, -0.15) is 0 Å². The maximum atomic E-state index is 13.8. The molecule has 0 radical (unpaired) electrons. The highest BCUT2D eigenvalue weighted by Gasteiger charge is 2.77. The maximum absolute atomic E-state index is 13.8. The van der Waals surface area contributed by atoms with Crippen molar-refractivity contribution in [3.05, 3.63) is 0 Å². The van der Waals surface area contributed by atoms with Crippen LogP contribution in [-0.4, -0.2) is 43.1 Å². The van der Waals surface area contributed by atoms with E-state index in [0.717, 1.165) is 32.1 Å². The third-order valence-electron chi connectivity index (χ3n) is 10.2. The first kappa shape index (κ1) is 18.9. The number of carbonyl (C=O) groups is 2. The normalized spacial score (nSPS) is 56.6. The van der Waals surface area contributed by atoms with E-state index in [4.69, 9.17) is 18.9 Å². The van der Waals surface area contributed by atoms with E-state index in [9.17, 15) is 9.59 Å². The van der Waals surface area contributed by atoms with Crippen LogP contribution in [0.5, 0.6) is 0 Å². The average molecular weight is 405 g/mol. The molecule has 0 unspecified atom stereocenters. The largest absolute Gasteiger partial charge is 0.350 e. The van der Waals surface area contributed by atoms with E-state index in [1.165, 1.54) is 0 Å². The van der Waals surface area contributed by atoms with Crippen LogP contribution in [0.3, 0.4) is 0 Å². The number of rotatable bonds is 0. The Labute approximate surface area is 172 Å². The van der Waals surface area contributed by atoms with Gasteiger partial charge in [-0.3, -0.25) is 9.59 Å². The number of ether oxygens (including phenoxy) is 4. The second-order valence-corrected chi connectivity index (χ2v) is 11.0. The van der Waals surface area contributed by atoms with Gasteiger partial charge in [-0.1, -0.05) is 13.8 Å². The average Bonchev–Trinajstić information content (AvgIpc) is 3.37. The first-order valence-electron chi connectivity index (χ1n) is 11.4. The van der Waals surface area contributed by atoms with Crippen molar-refractivity contribution in [3.8, 4) is 0 Å². The van der Waals surface area contributed by atoms with Gasteiger partial charge in [0.1, 0.15) is 23.8 Å². The lowest BCUT2D eigenvalue weighted by Gasteiger charge is -2.60. The second kappa shape index (κ2) is 5.90. The van der Waals surface area contributed by atoms with E-state index in [2.05, 4.69) is 13.8 Å². The fourth-order valence-electron chi connectivity index (χ4n) is 8.83. The molecule has 4 saturated carbocycles.